The summed E-state index contributed by atoms with van der Waals surface area (Å²) < 4.78 is 31.5. The fraction of sp³-hybridized carbons (Fsp3) is 0. The van der Waals surface area contributed by atoms with Gasteiger partial charge >= 0.3 is 59.1 Å². The summed E-state index contributed by atoms with van der Waals surface area (Å²) in [5, 5.41) is 10.4. The number of aromatic carboxylic acids is 1. The van der Waals surface area contributed by atoms with Crippen LogP contribution >= 0.6 is 0 Å². The van der Waals surface area contributed by atoms with Crippen LogP contribution in [0.25, 0.3) is 0 Å². The van der Waals surface area contributed by atoms with Crippen molar-refractivity contribution in [3.8, 4) is 0 Å². The summed E-state index contributed by atoms with van der Waals surface area (Å²) in [7, 11) is -4.75. The van der Waals surface area contributed by atoms with Gasteiger partial charge in [0.2, 0.25) is 0 Å². The smallest absolute Gasteiger partial charge is 0.744 e. The minimum Gasteiger partial charge on any atom is -0.744 e. The molecule has 0 N–H and O–H groups in total. The molecule has 70 valence electrons. The van der Waals surface area contributed by atoms with Crippen LogP contribution in [-0.4, -0.2) is 18.9 Å². The summed E-state index contributed by atoms with van der Waals surface area (Å²) in [6.07, 6.45) is 0. The molecule has 0 aliphatic carbocycles. The molecule has 5 nitrogen and oxygen atoms in total. The van der Waals surface area contributed by atoms with E-state index in [9.17, 15) is 22.9 Å². The van der Waals surface area contributed by atoms with E-state index in [0.717, 1.165) is 12.1 Å². The Balaban J connectivity index is 0. The number of benzene rings is 1. The molecule has 0 saturated heterocycles. The predicted octanol–water partition coefficient (Wildman–Crippen LogP) is -7.04. The average molecular weight is 246 g/mol. The minimum atomic E-state index is -4.75. The van der Waals surface area contributed by atoms with Gasteiger partial charge in [-0.1, -0.05) is 18.2 Å². The van der Waals surface area contributed by atoms with Crippen LogP contribution in [0.2, 0.25) is 0 Å². The van der Waals surface area contributed by atoms with Gasteiger partial charge in [0.15, 0.2) is 0 Å². The van der Waals surface area contributed by atoms with Crippen molar-refractivity contribution in [1.29, 1.82) is 0 Å². The molecule has 1 rings (SSSR count). The summed E-state index contributed by atoms with van der Waals surface area (Å²) in [6.45, 7) is 0. The quantitative estimate of drug-likeness (QED) is 0.381. The number of rotatable bonds is 2. The van der Waals surface area contributed by atoms with E-state index in [2.05, 4.69) is 0 Å². The Morgan fingerprint density at radius 1 is 1.13 bits per heavy atom. The van der Waals surface area contributed by atoms with Gasteiger partial charge in [-0.3, -0.25) is 0 Å². The van der Waals surface area contributed by atoms with Gasteiger partial charge in [0.1, 0.15) is 10.1 Å². The maximum absolute atomic E-state index is 10.5. The number of carboxylic acid groups (broad SMARTS) is 1. The van der Waals surface area contributed by atoms with Crippen molar-refractivity contribution >= 4 is 16.1 Å². The number of hydrogen-bond acceptors (Lipinski definition) is 5. The maximum atomic E-state index is 10.5. The van der Waals surface area contributed by atoms with Crippen molar-refractivity contribution in [2.75, 3.05) is 0 Å². The Morgan fingerprint density at radius 3 is 1.93 bits per heavy atom. The molecule has 0 atom stereocenters. The fourth-order valence-corrected chi connectivity index (χ4v) is 1.52. The second-order valence-electron chi connectivity index (χ2n) is 2.24. The first-order chi connectivity index (χ1) is 5.93. The molecule has 0 aliphatic heterocycles. The first-order valence-electron chi connectivity index (χ1n) is 3.19. The Hall–Kier alpha value is 0.600. The molecule has 1 aromatic carbocycles. The Morgan fingerprint density at radius 2 is 1.60 bits per heavy atom. The number of carboxylic acids is 1. The van der Waals surface area contributed by atoms with Crippen LogP contribution in [-0.2, 0) is 10.1 Å². The largest absolute Gasteiger partial charge is 1.00 e. The molecular formula is C7H4Na2O5S. The van der Waals surface area contributed by atoms with Crippen LogP contribution in [0.1, 0.15) is 10.4 Å². The fourth-order valence-electron chi connectivity index (χ4n) is 0.853. The van der Waals surface area contributed by atoms with E-state index in [1.165, 1.54) is 12.1 Å². The van der Waals surface area contributed by atoms with E-state index < -0.39 is 26.5 Å². The molecule has 0 radical (unpaired) electrons. The molecule has 0 saturated carbocycles. The molecule has 0 fully saturated rings. The van der Waals surface area contributed by atoms with Crippen molar-refractivity contribution in [3.05, 3.63) is 29.8 Å². The molecule has 0 aliphatic rings. The van der Waals surface area contributed by atoms with Gasteiger partial charge in [0.05, 0.1) is 10.9 Å². The SMILES string of the molecule is O=C([O-])c1ccccc1S(=O)(=O)[O-].[Na+].[Na+]. The van der Waals surface area contributed by atoms with E-state index in [0.29, 0.717) is 0 Å². The van der Waals surface area contributed by atoms with Crippen molar-refractivity contribution in [2.45, 2.75) is 4.90 Å². The summed E-state index contributed by atoms with van der Waals surface area (Å²) in [5.41, 5.74) is -0.613. The summed E-state index contributed by atoms with van der Waals surface area (Å²) in [6, 6.07) is 4.49. The normalized spacial score (nSPS) is 9.67. The molecule has 0 unspecified atom stereocenters. The van der Waals surface area contributed by atoms with Gasteiger partial charge < -0.3 is 14.5 Å². The molecule has 1 aromatic rings. The average Bonchev–Trinajstić information content (AvgIpc) is 2.03. The number of carbonyl (C=O) groups excluding carboxylic acids is 1. The summed E-state index contributed by atoms with van der Waals surface area (Å²) in [4.78, 5) is 9.59. The second kappa shape index (κ2) is 7.03. The summed E-state index contributed by atoms with van der Waals surface area (Å²) >= 11 is 0. The first-order valence-corrected chi connectivity index (χ1v) is 4.60. The van der Waals surface area contributed by atoms with Crippen LogP contribution in [0.3, 0.4) is 0 Å². The van der Waals surface area contributed by atoms with Crippen molar-refractivity contribution in [1.82, 2.24) is 0 Å². The van der Waals surface area contributed by atoms with Gasteiger partial charge in [0.25, 0.3) is 0 Å². The standard InChI is InChI=1S/C7H6O5S.2Na/c8-7(9)5-3-1-2-4-6(5)13(10,11)12;;/h1-4H,(H,8,9)(H,10,11,12);;/q;2*+1/p-2. The monoisotopic (exact) mass is 246 g/mol. The molecule has 0 heterocycles. The van der Waals surface area contributed by atoms with Gasteiger partial charge in [-0.25, -0.2) is 8.42 Å². The maximum Gasteiger partial charge on any atom is 1.00 e. The van der Waals surface area contributed by atoms with Crippen LogP contribution < -0.4 is 64.2 Å². The third-order valence-electron chi connectivity index (χ3n) is 1.38. The van der Waals surface area contributed by atoms with Crippen LogP contribution in [0, 0.1) is 0 Å². The van der Waals surface area contributed by atoms with Gasteiger partial charge in [-0.05, 0) is 6.07 Å². The zero-order chi connectivity index (χ0) is 10.1. The Labute approximate surface area is 131 Å². The molecule has 8 heteroatoms. The van der Waals surface area contributed by atoms with Gasteiger partial charge in [-0.2, -0.15) is 0 Å². The van der Waals surface area contributed by atoms with Crippen LogP contribution in [0.15, 0.2) is 29.2 Å². The Bertz CT molecular complexity index is 442. The third-order valence-corrected chi connectivity index (χ3v) is 2.27. The third kappa shape index (κ3) is 4.97. The van der Waals surface area contributed by atoms with Crippen molar-refractivity contribution in [3.63, 3.8) is 0 Å². The molecule has 0 amide bonds. The van der Waals surface area contributed by atoms with Crippen LogP contribution in [0.5, 0.6) is 0 Å². The minimum absolute atomic E-state index is 0. The molecule has 0 aromatic heterocycles. The number of carbonyl (C=O) groups is 1. The van der Waals surface area contributed by atoms with Crippen molar-refractivity contribution in [2.24, 2.45) is 0 Å². The van der Waals surface area contributed by atoms with Gasteiger partial charge in [0, 0.05) is 5.56 Å². The van der Waals surface area contributed by atoms with E-state index in [1.807, 2.05) is 0 Å². The zero-order valence-corrected chi connectivity index (χ0v) is 13.1. The van der Waals surface area contributed by atoms with E-state index in [1.54, 1.807) is 0 Å². The zero-order valence-electron chi connectivity index (χ0n) is 8.26. The topological polar surface area (TPSA) is 97.3 Å². The summed E-state index contributed by atoms with van der Waals surface area (Å²) in [5.74, 6) is -1.69. The Kier molecular flexibility index (Phi) is 8.43. The molecule has 0 spiro atoms. The first kappa shape index (κ1) is 18.0. The van der Waals surface area contributed by atoms with E-state index in [4.69, 9.17) is 0 Å². The van der Waals surface area contributed by atoms with E-state index in [-0.39, 0.29) is 59.1 Å². The van der Waals surface area contributed by atoms with Gasteiger partial charge in [-0.15, -0.1) is 0 Å². The molecular weight excluding hydrogens is 242 g/mol. The van der Waals surface area contributed by atoms with Crippen molar-refractivity contribution < 1.29 is 82.0 Å². The van der Waals surface area contributed by atoms with Crippen LogP contribution in [0.4, 0.5) is 0 Å². The van der Waals surface area contributed by atoms with E-state index >= 15 is 0 Å². The molecule has 15 heavy (non-hydrogen) atoms. The molecule has 0 bridgehead atoms. The predicted molar refractivity (Wildman–Crippen MR) is 38.7 cm³/mol. The number of hydrogen-bond donors (Lipinski definition) is 0. The second-order valence-corrected chi connectivity index (χ2v) is 3.59.